The van der Waals surface area contributed by atoms with E-state index < -0.39 is 0 Å². The number of nitrogens with two attached hydrogens (primary N) is 1. The molecular weight excluding hydrogens is 256 g/mol. The zero-order valence-electron chi connectivity index (χ0n) is 13.2. The third-order valence-corrected chi connectivity index (χ3v) is 5.05. The summed E-state index contributed by atoms with van der Waals surface area (Å²) in [5, 5.41) is 2.63. The Morgan fingerprint density at radius 1 is 1.10 bits per heavy atom. The normalized spacial score (nSPS) is 22.4. The predicted molar refractivity (Wildman–Crippen MR) is 91.7 cm³/mol. The summed E-state index contributed by atoms with van der Waals surface area (Å²) in [6.45, 7) is 2.99. The van der Waals surface area contributed by atoms with Gasteiger partial charge in [-0.15, -0.1) is 0 Å². The average molecular weight is 282 g/mol. The fourth-order valence-corrected chi connectivity index (χ4v) is 3.78. The van der Waals surface area contributed by atoms with Gasteiger partial charge in [-0.25, -0.2) is 0 Å². The van der Waals surface area contributed by atoms with Crippen LogP contribution in [0.3, 0.4) is 0 Å². The molecular formula is C19H26N2. The van der Waals surface area contributed by atoms with E-state index in [0.717, 1.165) is 5.92 Å². The third kappa shape index (κ3) is 2.77. The first-order chi connectivity index (χ1) is 10.2. The standard InChI is InChI=1S/C19H26N2/c1-14-6-5-7-16(12-14)21(2)19-11-10-15(13-20)17-8-3-4-9-18(17)19/h3-4,8-11,14,16H,5-7,12-13,20H2,1-2H3. The molecule has 0 spiro atoms. The number of hydrogen-bond donors (Lipinski definition) is 1. The van der Waals surface area contributed by atoms with E-state index in [1.165, 1.54) is 47.7 Å². The van der Waals surface area contributed by atoms with Gasteiger partial charge in [-0.05, 0) is 35.8 Å². The fourth-order valence-electron chi connectivity index (χ4n) is 3.78. The van der Waals surface area contributed by atoms with Gasteiger partial charge < -0.3 is 10.6 Å². The SMILES string of the molecule is CC1CCCC(N(C)c2ccc(CN)c3ccccc23)C1. The van der Waals surface area contributed by atoms with E-state index >= 15 is 0 Å². The molecule has 0 bridgehead atoms. The zero-order chi connectivity index (χ0) is 14.8. The molecule has 0 radical (unpaired) electrons. The van der Waals surface area contributed by atoms with Crippen LogP contribution in [0.15, 0.2) is 36.4 Å². The molecule has 2 aromatic carbocycles. The van der Waals surface area contributed by atoms with Gasteiger partial charge in [0.25, 0.3) is 0 Å². The van der Waals surface area contributed by atoms with Crippen LogP contribution in [0.2, 0.25) is 0 Å². The van der Waals surface area contributed by atoms with Gasteiger partial charge in [0.05, 0.1) is 0 Å². The van der Waals surface area contributed by atoms with Crippen LogP contribution in [-0.4, -0.2) is 13.1 Å². The maximum absolute atomic E-state index is 5.89. The molecule has 2 heteroatoms. The molecule has 0 aliphatic heterocycles. The van der Waals surface area contributed by atoms with Crippen molar-refractivity contribution in [2.24, 2.45) is 11.7 Å². The Kier molecular flexibility index (Phi) is 4.16. The molecule has 0 heterocycles. The van der Waals surface area contributed by atoms with Gasteiger partial charge >= 0.3 is 0 Å². The van der Waals surface area contributed by atoms with E-state index in [2.05, 4.69) is 55.3 Å². The number of hydrogen-bond acceptors (Lipinski definition) is 2. The molecule has 2 N–H and O–H groups in total. The molecule has 1 aliphatic rings. The van der Waals surface area contributed by atoms with Crippen LogP contribution in [0.1, 0.15) is 38.2 Å². The van der Waals surface area contributed by atoms with Crippen LogP contribution in [0, 0.1) is 5.92 Å². The van der Waals surface area contributed by atoms with E-state index in [1.54, 1.807) is 0 Å². The Labute approximate surface area is 127 Å². The lowest BCUT2D eigenvalue weighted by molar-refractivity contribution is 0.337. The first kappa shape index (κ1) is 14.4. The minimum Gasteiger partial charge on any atom is -0.371 e. The Bertz CT molecular complexity index is 620. The summed E-state index contributed by atoms with van der Waals surface area (Å²) in [6, 6.07) is 13.8. The Morgan fingerprint density at radius 3 is 2.57 bits per heavy atom. The number of fused-ring (bicyclic) bond motifs is 1. The summed E-state index contributed by atoms with van der Waals surface area (Å²) in [5.41, 5.74) is 8.47. The molecule has 1 saturated carbocycles. The van der Waals surface area contributed by atoms with Crippen LogP contribution < -0.4 is 10.6 Å². The minimum atomic E-state index is 0.602. The van der Waals surface area contributed by atoms with Crippen LogP contribution in [0.25, 0.3) is 10.8 Å². The van der Waals surface area contributed by atoms with Crippen molar-refractivity contribution in [1.29, 1.82) is 0 Å². The summed E-state index contributed by atoms with van der Waals surface area (Å²) in [5.74, 6) is 0.848. The lowest BCUT2D eigenvalue weighted by Gasteiger charge is -2.36. The molecule has 0 saturated heterocycles. The van der Waals surface area contributed by atoms with Crippen LogP contribution in [-0.2, 0) is 6.54 Å². The highest BCUT2D eigenvalue weighted by Crippen LogP contribution is 2.34. The summed E-state index contributed by atoms with van der Waals surface area (Å²) in [4.78, 5) is 2.50. The van der Waals surface area contributed by atoms with Crippen LogP contribution in [0.5, 0.6) is 0 Å². The van der Waals surface area contributed by atoms with Gasteiger partial charge in [0.2, 0.25) is 0 Å². The van der Waals surface area contributed by atoms with Gasteiger partial charge in [-0.2, -0.15) is 0 Å². The van der Waals surface area contributed by atoms with Crippen LogP contribution in [0.4, 0.5) is 5.69 Å². The molecule has 112 valence electrons. The van der Waals surface area contributed by atoms with Crippen molar-refractivity contribution in [3.63, 3.8) is 0 Å². The number of nitrogens with zero attached hydrogens (tertiary/aromatic N) is 1. The summed E-state index contributed by atoms with van der Waals surface area (Å²) in [7, 11) is 2.26. The van der Waals surface area contributed by atoms with E-state index in [0.29, 0.717) is 12.6 Å². The fraction of sp³-hybridized carbons (Fsp3) is 0.474. The van der Waals surface area contributed by atoms with Gasteiger partial charge in [0, 0.05) is 30.7 Å². The number of anilines is 1. The Morgan fingerprint density at radius 2 is 1.86 bits per heavy atom. The van der Waals surface area contributed by atoms with Gasteiger partial charge in [0.15, 0.2) is 0 Å². The second kappa shape index (κ2) is 6.07. The molecule has 1 aliphatic carbocycles. The highest BCUT2D eigenvalue weighted by molar-refractivity contribution is 5.96. The summed E-state index contributed by atoms with van der Waals surface area (Å²) >= 11 is 0. The average Bonchev–Trinajstić information content (AvgIpc) is 2.53. The van der Waals surface area contributed by atoms with E-state index in [4.69, 9.17) is 5.73 Å². The number of rotatable bonds is 3. The van der Waals surface area contributed by atoms with Gasteiger partial charge in [-0.3, -0.25) is 0 Å². The van der Waals surface area contributed by atoms with E-state index in [9.17, 15) is 0 Å². The van der Waals surface area contributed by atoms with Crippen molar-refractivity contribution in [2.45, 2.75) is 45.2 Å². The zero-order valence-corrected chi connectivity index (χ0v) is 13.2. The van der Waals surface area contributed by atoms with Gasteiger partial charge in [0.1, 0.15) is 0 Å². The first-order valence-electron chi connectivity index (χ1n) is 8.14. The molecule has 3 rings (SSSR count). The highest BCUT2D eigenvalue weighted by Gasteiger charge is 2.23. The lowest BCUT2D eigenvalue weighted by atomic mass is 9.86. The quantitative estimate of drug-likeness (QED) is 0.908. The van der Waals surface area contributed by atoms with Crippen molar-refractivity contribution >= 4 is 16.5 Å². The molecule has 21 heavy (non-hydrogen) atoms. The maximum Gasteiger partial charge on any atom is 0.0446 e. The van der Waals surface area contributed by atoms with E-state index in [1.807, 2.05) is 0 Å². The minimum absolute atomic E-state index is 0.602. The first-order valence-corrected chi connectivity index (χ1v) is 8.14. The predicted octanol–water partition coefficient (Wildman–Crippen LogP) is 4.31. The molecule has 2 atom stereocenters. The van der Waals surface area contributed by atoms with Crippen molar-refractivity contribution in [3.8, 4) is 0 Å². The molecule has 2 aromatic rings. The molecule has 0 aromatic heterocycles. The maximum atomic E-state index is 5.89. The highest BCUT2D eigenvalue weighted by atomic mass is 15.1. The molecule has 0 amide bonds. The molecule has 2 unspecified atom stereocenters. The Hall–Kier alpha value is -1.54. The summed E-state index contributed by atoms with van der Waals surface area (Å²) < 4.78 is 0. The smallest absolute Gasteiger partial charge is 0.0446 e. The van der Waals surface area contributed by atoms with Gasteiger partial charge in [-0.1, -0.05) is 50.1 Å². The van der Waals surface area contributed by atoms with E-state index in [-0.39, 0.29) is 0 Å². The second-order valence-electron chi connectivity index (χ2n) is 6.53. The van der Waals surface area contributed by atoms with Crippen molar-refractivity contribution in [2.75, 3.05) is 11.9 Å². The van der Waals surface area contributed by atoms with Crippen LogP contribution >= 0.6 is 0 Å². The van der Waals surface area contributed by atoms with Crippen molar-refractivity contribution < 1.29 is 0 Å². The van der Waals surface area contributed by atoms with Crippen molar-refractivity contribution in [3.05, 3.63) is 42.0 Å². The van der Waals surface area contributed by atoms with Crippen molar-refractivity contribution in [1.82, 2.24) is 0 Å². The summed E-state index contributed by atoms with van der Waals surface area (Å²) in [6.07, 6.45) is 5.36. The lowest BCUT2D eigenvalue weighted by Crippen LogP contribution is -2.35. The largest absolute Gasteiger partial charge is 0.371 e. The topological polar surface area (TPSA) is 29.3 Å². The number of benzene rings is 2. The third-order valence-electron chi connectivity index (χ3n) is 5.05. The molecule has 1 fully saturated rings. The monoisotopic (exact) mass is 282 g/mol. The second-order valence-corrected chi connectivity index (χ2v) is 6.53. The molecule has 2 nitrogen and oxygen atoms in total. The Balaban J connectivity index is 2.00.